The Morgan fingerprint density at radius 1 is 1.26 bits per heavy atom. The number of anilines is 1. The third-order valence-electron chi connectivity index (χ3n) is 2.92. The van der Waals surface area contributed by atoms with Crippen molar-refractivity contribution in [2.24, 2.45) is 0 Å². The van der Waals surface area contributed by atoms with Crippen molar-refractivity contribution in [3.05, 3.63) is 36.0 Å². The number of nitrogens with zero attached hydrogens (tertiary/aromatic N) is 1. The second kappa shape index (κ2) is 6.48. The van der Waals surface area contributed by atoms with Gasteiger partial charge in [0.15, 0.2) is 5.11 Å². The van der Waals surface area contributed by atoms with Crippen molar-refractivity contribution in [1.82, 2.24) is 10.3 Å². The molecule has 1 aromatic heterocycles. The lowest BCUT2D eigenvalue weighted by atomic mass is 10.2. The van der Waals surface area contributed by atoms with E-state index in [9.17, 15) is 0 Å². The molecule has 0 aliphatic rings. The average Bonchev–Trinajstić information content (AvgIpc) is 2.40. The number of unbranched alkanes of at least 4 members (excludes halogenated alkanes) is 1. The van der Waals surface area contributed by atoms with Gasteiger partial charge < -0.3 is 10.6 Å². The quantitative estimate of drug-likeness (QED) is 0.659. The van der Waals surface area contributed by atoms with Gasteiger partial charge in [-0.25, -0.2) is 0 Å². The van der Waals surface area contributed by atoms with Gasteiger partial charge in [0.25, 0.3) is 0 Å². The molecule has 19 heavy (non-hydrogen) atoms. The van der Waals surface area contributed by atoms with E-state index < -0.39 is 0 Å². The first kappa shape index (κ1) is 13.7. The Hall–Kier alpha value is -1.68. The van der Waals surface area contributed by atoms with Crippen LogP contribution in [0.4, 0.5) is 5.69 Å². The van der Waals surface area contributed by atoms with E-state index in [-0.39, 0.29) is 0 Å². The Morgan fingerprint density at radius 3 is 2.89 bits per heavy atom. The molecule has 1 aromatic carbocycles. The fourth-order valence-electron chi connectivity index (χ4n) is 1.89. The molecule has 1 heterocycles. The molecule has 2 N–H and O–H groups in total. The molecule has 0 saturated heterocycles. The summed E-state index contributed by atoms with van der Waals surface area (Å²) in [5.74, 6) is 0. The maximum atomic E-state index is 5.30. The number of hydrogen-bond acceptors (Lipinski definition) is 2. The van der Waals surface area contributed by atoms with Gasteiger partial charge in [-0.3, -0.25) is 4.98 Å². The third kappa shape index (κ3) is 3.64. The number of benzene rings is 1. The molecular weight excluding hydrogens is 254 g/mol. The van der Waals surface area contributed by atoms with Crippen LogP contribution < -0.4 is 10.6 Å². The van der Waals surface area contributed by atoms with E-state index in [1.165, 1.54) is 0 Å². The van der Waals surface area contributed by atoms with E-state index in [2.05, 4.69) is 34.7 Å². The smallest absolute Gasteiger partial charge is 0.170 e. The molecule has 2 aromatic rings. The summed E-state index contributed by atoms with van der Waals surface area (Å²) in [6.45, 7) is 5.06. The van der Waals surface area contributed by atoms with E-state index >= 15 is 0 Å². The van der Waals surface area contributed by atoms with Crippen LogP contribution >= 0.6 is 12.2 Å². The van der Waals surface area contributed by atoms with Crippen molar-refractivity contribution in [2.75, 3.05) is 11.9 Å². The van der Waals surface area contributed by atoms with Gasteiger partial charge in [-0.15, -0.1) is 0 Å². The van der Waals surface area contributed by atoms with Crippen LogP contribution in [0.1, 0.15) is 25.5 Å². The van der Waals surface area contributed by atoms with Crippen molar-refractivity contribution in [3.8, 4) is 0 Å². The van der Waals surface area contributed by atoms with Gasteiger partial charge in [-0.1, -0.05) is 31.5 Å². The number of aryl methyl sites for hydroxylation is 1. The Kier molecular flexibility index (Phi) is 4.68. The number of rotatable bonds is 4. The summed E-state index contributed by atoms with van der Waals surface area (Å²) < 4.78 is 0. The lowest BCUT2D eigenvalue weighted by Gasteiger charge is -2.12. The first-order valence-corrected chi connectivity index (χ1v) is 7.02. The first-order valence-electron chi connectivity index (χ1n) is 6.62. The predicted octanol–water partition coefficient (Wildman–Crippen LogP) is 3.63. The molecule has 0 fully saturated rings. The SMILES string of the molecule is CCCCNC(=S)Nc1cccc2ccc(C)nc12. The van der Waals surface area contributed by atoms with E-state index in [1.807, 2.05) is 25.1 Å². The number of hydrogen-bond donors (Lipinski definition) is 2. The molecule has 0 bridgehead atoms. The maximum absolute atomic E-state index is 5.30. The summed E-state index contributed by atoms with van der Waals surface area (Å²) in [6, 6.07) is 10.2. The number of thiocarbonyl (C=S) groups is 1. The van der Waals surface area contributed by atoms with Crippen molar-refractivity contribution >= 4 is 33.9 Å². The van der Waals surface area contributed by atoms with Crippen LogP contribution in [-0.2, 0) is 0 Å². The van der Waals surface area contributed by atoms with Gasteiger partial charge in [-0.2, -0.15) is 0 Å². The molecule has 0 unspecified atom stereocenters. The number of nitrogens with one attached hydrogen (secondary N) is 2. The molecule has 3 nitrogen and oxygen atoms in total. The zero-order valence-electron chi connectivity index (χ0n) is 11.4. The summed E-state index contributed by atoms with van der Waals surface area (Å²) in [5.41, 5.74) is 2.92. The van der Waals surface area contributed by atoms with Crippen molar-refractivity contribution in [2.45, 2.75) is 26.7 Å². The number of pyridine rings is 1. The zero-order chi connectivity index (χ0) is 13.7. The fraction of sp³-hybridized carbons (Fsp3) is 0.333. The Bertz CT molecular complexity index is 581. The maximum Gasteiger partial charge on any atom is 0.170 e. The molecule has 0 aliphatic carbocycles. The minimum Gasteiger partial charge on any atom is -0.362 e. The summed E-state index contributed by atoms with van der Waals surface area (Å²) in [4.78, 5) is 4.58. The van der Waals surface area contributed by atoms with E-state index in [0.29, 0.717) is 5.11 Å². The van der Waals surface area contributed by atoms with E-state index in [1.54, 1.807) is 0 Å². The summed E-state index contributed by atoms with van der Waals surface area (Å²) in [7, 11) is 0. The van der Waals surface area contributed by atoms with Gasteiger partial charge in [0.2, 0.25) is 0 Å². The molecule has 100 valence electrons. The van der Waals surface area contributed by atoms with Crippen LogP contribution in [0, 0.1) is 6.92 Å². The molecule has 4 heteroatoms. The highest BCUT2D eigenvalue weighted by Gasteiger charge is 2.04. The number of fused-ring (bicyclic) bond motifs is 1. The number of para-hydroxylation sites is 1. The normalized spacial score (nSPS) is 10.4. The van der Waals surface area contributed by atoms with E-state index in [4.69, 9.17) is 12.2 Å². The van der Waals surface area contributed by atoms with Gasteiger partial charge >= 0.3 is 0 Å². The largest absolute Gasteiger partial charge is 0.362 e. The van der Waals surface area contributed by atoms with E-state index in [0.717, 1.165) is 41.7 Å². The fourth-order valence-corrected chi connectivity index (χ4v) is 2.10. The van der Waals surface area contributed by atoms with Gasteiger partial charge in [0, 0.05) is 17.6 Å². The minimum atomic E-state index is 0.657. The second-order valence-corrected chi connectivity index (χ2v) is 4.97. The van der Waals surface area contributed by atoms with Gasteiger partial charge in [0.05, 0.1) is 11.2 Å². The Balaban J connectivity index is 2.16. The van der Waals surface area contributed by atoms with Gasteiger partial charge in [0.1, 0.15) is 0 Å². The average molecular weight is 273 g/mol. The molecular formula is C15H19N3S. The van der Waals surface area contributed by atoms with Crippen molar-refractivity contribution < 1.29 is 0 Å². The monoisotopic (exact) mass is 273 g/mol. The molecule has 0 saturated carbocycles. The molecule has 0 atom stereocenters. The van der Waals surface area contributed by atoms with Gasteiger partial charge in [-0.05, 0) is 37.7 Å². The van der Waals surface area contributed by atoms with Crippen LogP contribution in [0.5, 0.6) is 0 Å². The summed E-state index contributed by atoms with van der Waals surface area (Å²) in [6.07, 6.45) is 2.28. The van der Waals surface area contributed by atoms with Crippen LogP contribution in [0.25, 0.3) is 10.9 Å². The summed E-state index contributed by atoms with van der Waals surface area (Å²) >= 11 is 5.30. The topological polar surface area (TPSA) is 37.0 Å². The standard InChI is InChI=1S/C15H19N3S/c1-3-4-10-16-15(19)18-13-7-5-6-12-9-8-11(2)17-14(12)13/h5-9H,3-4,10H2,1-2H3,(H2,16,18,19). The van der Waals surface area contributed by atoms with Crippen LogP contribution in [0.15, 0.2) is 30.3 Å². The second-order valence-electron chi connectivity index (χ2n) is 4.56. The lowest BCUT2D eigenvalue weighted by molar-refractivity contribution is 0.758. The Labute approximate surface area is 119 Å². The van der Waals surface area contributed by atoms with Crippen molar-refractivity contribution in [3.63, 3.8) is 0 Å². The van der Waals surface area contributed by atoms with Crippen LogP contribution in [0.2, 0.25) is 0 Å². The molecule has 0 spiro atoms. The first-order chi connectivity index (χ1) is 9.20. The number of aromatic nitrogens is 1. The van der Waals surface area contributed by atoms with Crippen LogP contribution in [0.3, 0.4) is 0 Å². The lowest BCUT2D eigenvalue weighted by Crippen LogP contribution is -2.29. The van der Waals surface area contributed by atoms with Crippen molar-refractivity contribution in [1.29, 1.82) is 0 Å². The highest BCUT2D eigenvalue weighted by molar-refractivity contribution is 7.80. The predicted molar refractivity (Wildman–Crippen MR) is 85.6 cm³/mol. The highest BCUT2D eigenvalue weighted by Crippen LogP contribution is 2.21. The molecule has 0 amide bonds. The minimum absolute atomic E-state index is 0.657. The molecule has 0 aliphatic heterocycles. The molecule has 0 radical (unpaired) electrons. The highest BCUT2D eigenvalue weighted by atomic mass is 32.1. The summed E-state index contributed by atoms with van der Waals surface area (Å²) in [5, 5.41) is 8.21. The molecule has 2 rings (SSSR count). The third-order valence-corrected chi connectivity index (χ3v) is 3.17. The Morgan fingerprint density at radius 2 is 2.11 bits per heavy atom. The van der Waals surface area contributed by atoms with Crippen LogP contribution in [-0.4, -0.2) is 16.6 Å². The zero-order valence-corrected chi connectivity index (χ0v) is 12.2.